The fourth-order valence-corrected chi connectivity index (χ4v) is 10.9. The van der Waals surface area contributed by atoms with Crippen LogP contribution in [0.2, 0.25) is 0 Å². The normalized spacial score (nSPS) is 21.2. The Morgan fingerprint density at radius 3 is 1.84 bits per heavy atom. The molecule has 1 saturated carbocycles. The van der Waals surface area contributed by atoms with Gasteiger partial charge >= 0.3 is 0 Å². The van der Waals surface area contributed by atoms with Gasteiger partial charge in [0.05, 0.1) is 5.54 Å². The molecule has 0 amide bonds. The molecule has 6 aromatic rings. The van der Waals surface area contributed by atoms with E-state index in [0.717, 1.165) is 0 Å². The molecule has 0 spiro atoms. The number of para-hydroxylation sites is 3. The lowest BCUT2D eigenvalue weighted by Crippen LogP contribution is -2.61. The van der Waals surface area contributed by atoms with Gasteiger partial charge in [0, 0.05) is 50.9 Å². The van der Waals surface area contributed by atoms with Crippen LogP contribution in [-0.2, 0) is 10.8 Å². The minimum absolute atomic E-state index is 0.0332. The van der Waals surface area contributed by atoms with Crippen molar-refractivity contribution < 1.29 is 0 Å². The predicted molar refractivity (Wildman–Crippen MR) is 236 cm³/mol. The molecule has 0 N–H and O–H groups in total. The van der Waals surface area contributed by atoms with Gasteiger partial charge in [-0.05, 0) is 126 Å². The van der Waals surface area contributed by atoms with E-state index in [4.69, 9.17) is 0 Å². The molecule has 4 aliphatic rings. The number of fused-ring (bicyclic) bond motifs is 7. The second kappa shape index (κ2) is 12.4. The highest BCUT2D eigenvalue weighted by Crippen LogP contribution is 2.60. The van der Waals surface area contributed by atoms with Crippen molar-refractivity contribution in [2.75, 3.05) is 14.7 Å². The van der Waals surface area contributed by atoms with Crippen molar-refractivity contribution in [1.82, 2.24) is 0 Å². The van der Waals surface area contributed by atoms with Crippen LogP contribution >= 0.6 is 0 Å². The fourth-order valence-electron chi connectivity index (χ4n) is 10.9. The Hall–Kier alpha value is -5.22. The van der Waals surface area contributed by atoms with Crippen LogP contribution in [0.1, 0.15) is 89.8 Å². The molecule has 0 aromatic heterocycles. The van der Waals surface area contributed by atoms with Crippen LogP contribution in [0.4, 0.5) is 45.5 Å². The van der Waals surface area contributed by atoms with E-state index in [9.17, 15) is 0 Å². The smallest absolute Gasteiger partial charge is 0.252 e. The minimum atomic E-state index is -0.0332. The molecule has 6 aromatic carbocycles. The lowest BCUT2D eigenvalue weighted by atomic mass is 9.33. The Morgan fingerprint density at radius 2 is 1.11 bits per heavy atom. The minimum Gasteiger partial charge on any atom is -0.334 e. The van der Waals surface area contributed by atoms with Gasteiger partial charge in [0.25, 0.3) is 6.71 Å². The second-order valence-corrected chi connectivity index (χ2v) is 18.1. The summed E-state index contributed by atoms with van der Waals surface area (Å²) < 4.78 is 0. The summed E-state index contributed by atoms with van der Waals surface area (Å²) in [5, 5.41) is 0. The Bertz CT molecular complexity index is 2450. The van der Waals surface area contributed by atoms with Crippen LogP contribution in [0.15, 0.2) is 133 Å². The number of hydrogen-bond acceptors (Lipinski definition) is 3. The first-order valence-electron chi connectivity index (χ1n) is 20.6. The van der Waals surface area contributed by atoms with Gasteiger partial charge in [-0.15, -0.1) is 0 Å². The Labute approximate surface area is 328 Å². The molecule has 3 heterocycles. The maximum Gasteiger partial charge on any atom is 0.252 e. The first-order valence-corrected chi connectivity index (χ1v) is 20.6. The third-order valence-electron chi connectivity index (χ3n) is 13.9. The van der Waals surface area contributed by atoms with Gasteiger partial charge < -0.3 is 14.7 Å². The van der Waals surface area contributed by atoms with E-state index < -0.39 is 0 Å². The van der Waals surface area contributed by atoms with E-state index in [1.807, 2.05) is 0 Å². The zero-order valence-corrected chi connectivity index (χ0v) is 33.4. The molecular formula is C51H52BN3. The molecule has 3 aliphatic heterocycles. The molecule has 2 atom stereocenters. The van der Waals surface area contributed by atoms with Crippen molar-refractivity contribution >= 4 is 68.6 Å². The zero-order valence-electron chi connectivity index (χ0n) is 33.4. The zero-order chi connectivity index (χ0) is 37.7. The van der Waals surface area contributed by atoms with Crippen LogP contribution in [0.3, 0.4) is 0 Å². The molecule has 1 aliphatic carbocycles. The van der Waals surface area contributed by atoms with Gasteiger partial charge in [-0.3, -0.25) is 0 Å². The second-order valence-electron chi connectivity index (χ2n) is 18.1. The lowest BCUT2D eigenvalue weighted by Gasteiger charge is -2.49. The maximum absolute atomic E-state index is 2.76. The fraction of sp³-hybridized carbons (Fsp3) is 0.294. The van der Waals surface area contributed by atoms with Gasteiger partial charge in [-0.1, -0.05) is 126 Å². The van der Waals surface area contributed by atoms with Gasteiger partial charge in [-0.25, -0.2) is 0 Å². The van der Waals surface area contributed by atoms with Crippen LogP contribution in [-0.4, -0.2) is 12.3 Å². The van der Waals surface area contributed by atoms with Crippen LogP contribution in [0.25, 0.3) is 0 Å². The Kier molecular flexibility index (Phi) is 7.73. The van der Waals surface area contributed by atoms with Crippen molar-refractivity contribution in [3.63, 3.8) is 0 Å². The Morgan fingerprint density at radius 1 is 0.527 bits per heavy atom. The summed E-state index contributed by atoms with van der Waals surface area (Å²) in [5.41, 5.74) is 18.5. The summed E-state index contributed by atoms with van der Waals surface area (Å²) in [6.45, 7) is 14.4. The summed E-state index contributed by atoms with van der Waals surface area (Å²) in [5.74, 6) is 0. The number of anilines is 8. The number of hydrogen-bond donors (Lipinski definition) is 0. The van der Waals surface area contributed by atoms with Crippen molar-refractivity contribution in [1.29, 1.82) is 0 Å². The topological polar surface area (TPSA) is 9.72 Å². The highest BCUT2D eigenvalue weighted by Gasteiger charge is 2.56. The van der Waals surface area contributed by atoms with Gasteiger partial charge in [0.15, 0.2) is 0 Å². The molecule has 0 bridgehead atoms. The number of benzene rings is 6. The van der Waals surface area contributed by atoms with E-state index in [2.05, 4.69) is 190 Å². The quantitative estimate of drug-likeness (QED) is 0.169. The SMILES string of the molecule is Cc1cc2c3c(c1)N(c1ccc(C(C)(C)C)cc1)c1cc(N4c5ccccc5C5(C)CCCCCCC45C)ccc1B3c1ccccc1N2c1ccccc1. The molecule has 0 saturated heterocycles. The van der Waals surface area contributed by atoms with Gasteiger partial charge in [0.1, 0.15) is 0 Å². The summed E-state index contributed by atoms with van der Waals surface area (Å²) in [6, 6.07) is 51.1. The molecule has 4 heteroatoms. The van der Waals surface area contributed by atoms with E-state index in [1.165, 1.54) is 117 Å². The summed E-state index contributed by atoms with van der Waals surface area (Å²) in [6.07, 6.45) is 7.61. The molecule has 1 fully saturated rings. The van der Waals surface area contributed by atoms with E-state index >= 15 is 0 Å². The van der Waals surface area contributed by atoms with Crippen molar-refractivity contribution in [3.8, 4) is 0 Å². The van der Waals surface area contributed by atoms with E-state index in [1.54, 1.807) is 0 Å². The standard InChI is InChI=1S/C51H52BN3/c1-35-32-46-48-47(33-35)54(38-26-24-36(25-27-38)49(2,3)4)45-34-39(55-43-22-14-12-20-40(43)50(5)30-16-7-8-17-31-51(50,55)6)28-29-42(45)52(48)41-21-13-15-23-44(41)53(46)37-18-10-9-11-19-37/h9-15,18-29,32-34H,7-8,16-17,30-31H2,1-6H3. The summed E-state index contributed by atoms with van der Waals surface area (Å²) >= 11 is 0. The number of nitrogens with zero attached hydrogens (tertiary/aromatic N) is 3. The highest BCUT2D eigenvalue weighted by molar-refractivity contribution is 7.00. The first kappa shape index (κ1) is 34.3. The monoisotopic (exact) mass is 717 g/mol. The number of aryl methyl sites for hydroxylation is 1. The van der Waals surface area contributed by atoms with Crippen molar-refractivity contribution in [2.45, 2.75) is 96.4 Å². The molecular weight excluding hydrogens is 665 g/mol. The van der Waals surface area contributed by atoms with Crippen LogP contribution in [0.5, 0.6) is 0 Å². The van der Waals surface area contributed by atoms with Gasteiger partial charge in [0.2, 0.25) is 0 Å². The van der Waals surface area contributed by atoms with Crippen molar-refractivity contribution in [2.24, 2.45) is 0 Å². The largest absolute Gasteiger partial charge is 0.334 e. The molecule has 3 nitrogen and oxygen atoms in total. The Balaban J connectivity index is 1.24. The van der Waals surface area contributed by atoms with Crippen LogP contribution in [0, 0.1) is 6.92 Å². The molecule has 274 valence electrons. The summed E-state index contributed by atoms with van der Waals surface area (Å²) in [7, 11) is 0. The van der Waals surface area contributed by atoms with Crippen molar-refractivity contribution in [3.05, 3.63) is 150 Å². The van der Waals surface area contributed by atoms with Gasteiger partial charge in [-0.2, -0.15) is 0 Å². The predicted octanol–water partition coefficient (Wildman–Crippen LogP) is 11.9. The number of rotatable bonds is 3. The van der Waals surface area contributed by atoms with E-state index in [-0.39, 0.29) is 23.1 Å². The molecule has 0 radical (unpaired) electrons. The third-order valence-corrected chi connectivity index (χ3v) is 13.9. The third kappa shape index (κ3) is 5.02. The average molecular weight is 718 g/mol. The molecule has 10 rings (SSSR count). The van der Waals surface area contributed by atoms with E-state index in [0.29, 0.717) is 0 Å². The first-order chi connectivity index (χ1) is 26.6. The molecule has 2 unspecified atom stereocenters. The van der Waals surface area contributed by atoms with Crippen LogP contribution < -0.4 is 31.1 Å². The molecule has 55 heavy (non-hydrogen) atoms. The lowest BCUT2D eigenvalue weighted by molar-refractivity contribution is 0.218. The highest BCUT2D eigenvalue weighted by atomic mass is 15.3. The maximum atomic E-state index is 2.76. The summed E-state index contributed by atoms with van der Waals surface area (Å²) in [4.78, 5) is 7.85. The average Bonchev–Trinajstić information content (AvgIpc) is 3.36.